The van der Waals surface area contributed by atoms with Gasteiger partial charge in [-0.1, -0.05) is 32.0 Å². The quantitative estimate of drug-likeness (QED) is 0.756. The molecule has 1 aliphatic rings. The van der Waals surface area contributed by atoms with E-state index in [1.54, 1.807) is 24.8 Å². The van der Waals surface area contributed by atoms with Crippen LogP contribution in [0.5, 0.6) is 0 Å². The van der Waals surface area contributed by atoms with Crippen LogP contribution in [0, 0.1) is 5.92 Å². The molecule has 1 aromatic heterocycles. The molecule has 0 aliphatic carbocycles. The number of fused-ring (bicyclic) bond motifs is 1. The SMILES string of the molecule is CC(C)[C@H](NC(=O)c1ccco1)C(=O)OCC(=O)N1c2ccccc2CCC1C. The number of hydrogen-bond donors (Lipinski definition) is 1. The largest absolute Gasteiger partial charge is 0.459 e. The van der Waals surface area contributed by atoms with Crippen molar-refractivity contribution in [2.24, 2.45) is 5.92 Å². The fraction of sp³-hybridized carbons (Fsp3) is 0.409. The number of hydrogen-bond acceptors (Lipinski definition) is 5. The smallest absolute Gasteiger partial charge is 0.329 e. The van der Waals surface area contributed by atoms with Crippen molar-refractivity contribution in [3.8, 4) is 0 Å². The number of carbonyl (C=O) groups excluding carboxylic acids is 3. The van der Waals surface area contributed by atoms with E-state index < -0.39 is 17.9 Å². The summed E-state index contributed by atoms with van der Waals surface area (Å²) >= 11 is 0. The number of amides is 2. The van der Waals surface area contributed by atoms with Crippen molar-refractivity contribution in [3.05, 3.63) is 54.0 Å². The maximum atomic E-state index is 12.8. The predicted molar refractivity (Wildman–Crippen MR) is 107 cm³/mol. The lowest BCUT2D eigenvalue weighted by Crippen LogP contribution is -2.48. The highest BCUT2D eigenvalue weighted by molar-refractivity contribution is 5.98. The predicted octanol–water partition coefficient (Wildman–Crippen LogP) is 2.95. The van der Waals surface area contributed by atoms with Gasteiger partial charge in [0.15, 0.2) is 12.4 Å². The number of anilines is 1. The number of carbonyl (C=O) groups is 3. The van der Waals surface area contributed by atoms with E-state index in [4.69, 9.17) is 9.15 Å². The normalized spacial score (nSPS) is 16.8. The van der Waals surface area contributed by atoms with E-state index in [-0.39, 0.29) is 30.2 Å². The molecule has 0 saturated carbocycles. The molecule has 0 spiro atoms. The van der Waals surface area contributed by atoms with Crippen molar-refractivity contribution in [3.63, 3.8) is 0 Å². The highest BCUT2D eigenvalue weighted by atomic mass is 16.5. The molecule has 29 heavy (non-hydrogen) atoms. The molecule has 0 fully saturated rings. The molecule has 2 atom stereocenters. The van der Waals surface area contributed by atoms with Gasteiger partial charge < -0.3 is 19.4 Å². The fourth-order valence-corrected chi connectivity index (χ4v) is 3.48. The van der Waals surface area contributed by atoms with Gasteiger partial charge >= 0.3 is 5.97 Å². The zero-order valence-corrected chi connectivity index (χ0v) is 16.9. The number of para-hydroxylation sites is 1. The summed E-state index contributed by atoms with van der Waals surface area (Å²) in [5.41, 5.74) is 1.97. The van der Waals surface area contributed by atoms with Crippen LogP contribution in [0.25, 0.3) is 0 Å². The second kappa shape index (κ2) is 8.94. The number of nitrogens with one attached hydrogen (secondary N) is 1. The molecule has 7 nitrogen and oxygen atoms in total. The summed E-state index contributed by atoms with van der Waals surface area (Å²) in [6.45, 7) is 5.19. The first kappa shape index (κ1) is 20.6. The van der Waals surface area contributed by atoms with Gasteiger partial charge in [0, 0.05) is 11.7 Å². The number of furan rings is 1. The summed E-state index contributed by atoms with van der Waals surface area (Å²) in [5.74, 6) is -1.54. The Kier molecular flexibility index (Phi) is 6.36. The van der Waals surface area contributed by atoms with Crippen molar-refractivity contribution < 1.29 is 23.5 Å². The molecular weight excluding hydrogens is 372 g/mol. The summed E-state index contributed by atoms with van der Waals surface area (Å²) in [6.07, 6.45) is 3.15. The Bertz CT molecular complexity index is 875. The molecule has 2 amide bonds. The van der Waals surface area contributed by atoms with Gasteiger partial charge in [0.2, 0.25) is 0 Å². The first-order valence-electron chi connectivity index (χ1n) is 9.79. The van der Waals surface area contributed by atoms with Gasteiger partial charge in [-0.2, -0.15) is 0 Å². The molecule has 2 heterocycles. The molecule has 1 aromatic carbocycles. The van der Waals surface area contributed by atoms with Crippen LogP contribution >= 0.6 is 0 Å². The zero-order valence-electron chi connectivity index (χ0n) is 16.9. The third kappa shape index (κ3) is 4.67. The molecule has 0 saturated heterocycles. The van der Waals surface area contributed by atoms with Gasteiger partial charge in [0.25, 0.3) is 11.8 Å². The van der Waals surface area contributed by atoms with Crippen LogP contribution in [0.4, 0.5) is 5.69 Å². The standard InChI is InChI=1S/C22H26N2O5/c1-14(2)20(23-21(26)18-9-6-12-28-18)22(27)29-13-19(25)24-15(3)10-11-16-7-4-5-8-17(16)24/h4-9,12,14-15,20H,10-11,13H2,1-3H3,(H,23,26)/t15?,20-/m0/s1. The monoisotopic (exact) mass is 398 g/mol. The van der Waals surface area contributed by atoms with Crippen LogP contribution in [-0.4, -0.2) is 36.5 Å². The van der Waals surface area contributed by atoms with E-state index in [0.29, 0.717) is 0 Å². The summed E-state index contributed by atoms with van der Waals surface area (Å²) in [4.78, 5) is 39.3. The molecule has 2 aromatic rings. The Morgan fingerprint density at radius 3 is 2.66 bits per heavy atom. The molecule has 1 aliphatic heterocycles. The number of aryl methyl sites for hydroxylation is 1. The van der Waals surface area contributed by atoms with Crippen LogP contribution in [0.15, 0.2) is 47.1 Å². The van der Waals surface area contributed by atoms with E-state index in [0.717, 1.165) is 24.1 Å². The lowest BCUT2D eigenvalue weighted by atomic mass is 9.96. The van der Waals surface area contributed by atoms with E-state index in [9.17, 15) is 14.4 Å². The number of rotatable bonds is 6. The van der Waals surface area contributed by atoms with Gasteiger partial charge in [0.05, 0.1) is 6.26 Å². The van der Waals surface area contributed by atoms with Gasteiger partial charge in [-0.05, 0) is 49.4 Å². The van der Waals surface area contributed by atoms with Gasteiger partial charge in [-0.15, -0.1) is 0 Å². The number of ether oxygens (including phenoxy) is 1. The second-order valence-electron chi connectivity index (χ2n) is 7.56. The maximum Gasteiger partial charge on any atom is 0.329 e. The molecule has 7 heteroatoms. The first-order chi connectivity index (χ1) is 13.9. The van der Waals surface area contributed by atoms with Crippen LogP contribution in [0.3, 0.4) is 0 Å². The summed E-state index contributed by atoms with van der Waals surface area (Å²) in [7, 11) is 0. The van der Waals surface area contributed by atoms with Crippen molar-refractivity contribution in [2.45, 2.75) is 45.7 Å². The maximum absolute atomic E-state index is 12.8. The molecule has 0 radical (unpaired) electrons. The average Bonchev–Trinajstić information content (AvgIpc) is 3.24. The Morgan fingerprint density at radius 1 is 1.21 bits per heavy atom. The van der Waals surface area contributed by atoms with Crippen LogP contribution in [0.2, 0.25) is 0 Å². The van der Waals surface area contributed by atoms with E-state index in [2.05, 4.69) is 5.32 Å². The lowest BCUT2D eigenvalue weighted by molar-refractivity contribution is -0.150. The third-order valence-electron chi connectivity index (χ3n) is 5.08. The Labute approximate surface area is 170 Å². The first-order valence-corrected chi connectivity index (χ1v) is 9.79. The van der Waals surface area contributed by atoms with Crippen molar-refractivity contribution in [1.82, 2.24) is 5.32 Å². The van der Waals surface area contributed by atoms with E-state index >= 15 is 0 Å². The van der Waals surface area contributed by atoms with E-state index in [1.807, 2.05) is 31.2 Å². The van der Waals surface area contributed by atoms with Crippen LogP contribution in [0.1, 0.15) is 43.3 Å². The van der Waals surface area contributed by atoms with Crippen molar-refractivity contribution in [2.75, 3.05) is 11.5 Å². The van der Waals surface area contributed by atoms with Crippen LogP contribution in [-0.2, 0) is 20.7 Å². The van der Waals surface area contributed by atoms with Crippen LogP contribution < -0.4 is 10.2 Å². The highest BCUT2D eigenvalue weighted by Gasteiger charge is 2.31. The molecule has 0 bridgehead atoms. The molecule has 3 rings (SSSR count). The van der Waals surface area contributed by atoms with Gasteiger partial charge in [-0.3, -0.25) is 9.59 Å². The minimum absolute atomic E-state index is 0.0238. The average molecular weight is 398 g/mol. The minimum atomic E-state index is -0.883. The Balaban J connectivity index is 1.64. The molecule has 1 N–H and O–H groups in total. The Hall–Kier alpha value is -3.09. The summed E-state index contributed by atoms with van der Waals surface area (Å²) in [6, 6.07) is 10.00. The van der Waals surface area contributed by atoms with Crippen molar-refractivity contribution >= 4 is 23.5 Å². The summed E-state index contributed by atoms with van der Waals surface area (Å²) in [5, 5.41) is 2.61. The minimum Gasteiger partial charge on any atom is -0.459 e. The zero-order chi connectivity index (χ0) is 21.0. The number of nitrogens with zero attached hydrogens (tertiary/aromatic N) is 1. The second-order valence-corrected chi connectivity index (χ2v) is 7.56. The van der Waals surface area contributed by atoms with Crippen molar-refractivity contribution in [1.29, 1.82) is 0 Å². The van der Waals surface area contributed by atoms with Gasteiger partial charge in [0.1, 0.15) is 6.04 Å². The summed E-state index contributed by atoms with van der Waals surface area (Å²) < 4.78 is 10.3. The van der Waals surface area contributed by atoms with Gasteiger partial charge in [-0.25, -0.2) is 4.79 Å². The number of esters is 1. The lowest BCUT2D eigenvalue weighted by Gasteiger charge is -2.35. The molecule has 1 unspecified atom stereocenters. The highest BCUT2D eigenvalue weighted by Crippen LogP contribution is 2.30. The fourth-order valence-electron chi connectivity index (χ4n) is 3.48. The number of benzene rings is 1. The third-order valence-corrected chi connectivity index (χ3v) is 5.08. The Morgan fingerprint density at radius 2 is 1.97 bits per heavy atom. The topological polar surface area (TPSA) is 88.9 Å². The molecule has 154 valence electrons. The van der Waals surface area contributed by atoms with E-state index in [1.165, 1.54) is 12.3 Å². The molecular formula is C22H26N2O5.